The number of ether oxygens (including phenoxy) is 1. The summed E-state index contributed by atoms with van der Waals surface area (Å²) in [4.78, 5) is 16.6. The molecule has 3 aromatic rings. The predicted molar refractivity (Wildman–Crippen MR) is 107 cm³/mol. The highest BCUT2D eigenvalue weighted by molar-refractivity contribution is 5.94. The largest absolute Gasteiger partial charge is 0.497 e. The molecule has 0 aliphatic rings. The highest BCUT2D eigenvalue weighted by atomic mass is 19.1. The van der Waals surface area contributed by atoms with Gasteiger partial charge in [0.25, 0.3) is 5.91 Å². The number of hydrogen-bond acceptors (Lipinski definition) is 4. The lowest BCUT2D eigenvalue weighted by Crippen LogP contribution is -2.23. The minimum Gasteiger partial charge on any atom is -0.497 e. The topological polar surface area (TPSA) is 63.2 Å². The fraction of sp³-hybridized carbons (Fsp3) is 0.182. The number of hydrogen-bond donors (Lipinski definition) is 2. The first-order chi connectivity index (χ1) is 13.7. The Morgan fingerprint density at radius 1 is 1.11 bits per heavy atom. The molecule has 1 amide bonds. The van der Waals surface area contributed by atoms with E-state index in [2.05, 4.69) is 15.6 Å². The van der Waals surface area contributed by atoms with E-state index in [-0.39, 0.29) is 18.3 Å². The molecule has 1 heterocycles. The first-order valence-corrected chi connectivity index (χ1v) is 9.00. The molecule has 2 aromatic carbocycles. The first kappa shape index (κ1) is 19.4. The Labute approximate surface area is 163 Å². The summed E-state index contributed by atoms with van der Waals surface area (Å²) in [7, 11) is 1.64. The number of amides is 1. The van der Waals surface area contributed by atoms with Crippen LogP contribution < -0.4 is 15.4 Å². The third-order valence-electron chi connectivity index (χ3n) is 4.27. The number of methoxy groups -OCH3 is 1. The van der Waals surface area contributed by atoms with Crippen LogP contribution in [0.15, 0.2) is 66.9 Å². The van der Waals surface area contributed by atoms with Crippen LogP contribution in [0, 0.1) is 5.82 Å². The molecule has 0 unspecified atom stereocenters. The van der Waals surface area contributed by atoms with Crippen molar-refractivity contribution in [3.05, 3.63) is 89.4 Å². The maximum Gasteiger partial charge on any atom is 0.251 e. The molecule has 0 saturated carbocycles. The van der Waals surface area contributed by atoms with Crippen LogP contribution in [0.2, 0.25) is 0 Å². The Hall–Kier alpha value is -3.41. The Balaban J connectivity index is 1.54. The van der Waals surface area contributed by atoms with Crippen LogP contribution in [-0.2, 0) is 13.0 Å². The monoisotopic (exact) mass is 379 g/mol. The van der Waals surface area contributed by atoms with Crippen LogP contribution in [0.3, 0.4) is 0 Å². The molecule has 28 heavy (non-hydrogen) atoms. The number of anilines is 1. The molecule has 3 rings (SSSR count). The van der Waals surface area contributed by atoms with E-state index < -0.39 is 0 Å². The molecule has 0 spiro atoms. The van der Waals surface area contributed by atoms with Gasteiger partial charge in [0.1, 0.15) is 17.4 Å². The number of benzene rings is 2. The number of carbonyl (C=O) groups is 1. The van der Waals surface area contributed by atoms with E-state index in [1.807, 2.05) is 24.3 Å². The zero-order valence-electron chi connectivity index (χ0n) is 15.6. The van der Waals surface area contributed by atoms with Gasteiger partial charge < -0.3 is 15.4 Å². The highest BCUT2D eigenvalue weighted by Crippen LogP contribution is 2.14. The lowest BCUT2D eigenvalue weighted by Gasteiger charge is -2.09. The smallest absolute Gasteiger partial charge is 0.251 e. The van der Waals surface area contributed by atoms with Crippen LogP contribution in [0.4, 0.5) is 10.2 Å². The molecule has 0 atom stereocenters. The minimum absolute atomic E-state index is 0.131. The van der Waals surface area contributed by atoms with E-state index >= 15 is 0 Å². The predicted octanol–water partition coefficient (Wildman–Crippen LogP) is 3.81. The number of carbonyl (C=O) groups excluding carboxylic acids is 1. The molecule has 1 aromatic heterocycles. The molecule has 0 bridgehead atoms. The molecule has 6 heteroatoms. The van der Waals surface area contributed by atoms with Crippen molar-refractivity contribution in [1.29, 1.82) is 0 Å². The van der Waals surface area contributed by atoms with Gasteiger partial charge in [-0.3, -0.25) is 4.79 Å². The number of nitrogens with zero attached hydrogens (tertiary/aromatic N) is 1. The van der Waals surface area contributed by atoms with Gasteiger partial charge in [-0.2, -0.15) is 0 Å². The molecule has 0 radical (unpaired) electrons. The number of pyridine rings is 1. The van der Waals surface area contributed by atoms with E-state index in [4.69, 9.17) is 4.74 Å². The van der Waals surface area contributed by atoms with E-state index in [0.29, 0.717) is 23.5 Å². The van der Waals surface area contributed by atoms with Crippen LogP contribution in [0.1, 0.15) is 21.5 Å². The summed E-state index contributed by atoms with van der Waals surface area (Å²) in [5.41, 5.74) is 2.06. The summed E-state index contributed by atoms with van der Waals surface area (Å²) < 4.78 is 18.9. The molecule has 2 N–H and O–H groups in total. The van der Waals surface area contributed by atoms with Crippen molar-refractivity contribution >= 4 is 11.7 Å². The molecule has 0 aliphatic carbocycles. The van der Waals surface area contributed by atoms with E-state index in [0.717, 1.165) is 17.7 Å². The number of nitrogens with one attached hydrogen (secondary N) is 2. The molecule has 0 aliphatic heterocycles. The normalized spacial score (nSPS) is 10.4. The average molecular weight is 379 g/mol. The minimum atomic E-state index is -0.336. The Morgan fingerprint density at radius 2 is 1.96 bits per heavy atom. The van der Waals surface area contributed by atoms with Crippen molar-refractivity contribution in [1.82, 2.24) is 10.3 Å². The lowest BCUT2D eigenvalue weighted by molar-refractivity contribution is 0.0950. The van der Waals surface area contributed by atoms with E-state index in [1.54, 1.807) is 43.6 Å². The van der Waals surface area contributed by atoms with Gasteiger partial charge in [-0.15, -0.1) is 0 Å². The summed E-state index contributed by atoms with van der Waals surface area (Å²) in [5, 5.41) is 5.95. The first-order valence-electron chi connectivity index (χ1n) is 9.00. The van der Waals surface area contributed by atoms with Crippen LogP contribution in [0.25, 0.3) is 0 Å². The zero-order valence-corrected chi connectivity index (χ0v) is 15.6. The van der Waals surface area contributed by atoms with Gasteiger partial charge in [-0.05, 0) is 42.3 Å². The second-order valence-corrected chi connectivity index (χ2v) is 6.23. The standard InChI is InChI=1S/C22H22FN3O2/c1-28-19-7-4-5-16(13-19)9-11-24-21-14-17(10-12-25-21)22(27)26-15-18-6-2-3-8-20(18)23/h2-8,10,12-14H,9,11,15H2,1H3,(H,24,25)(H,26,27). The molecule has 144 valence electrons. The molecule has 0 fully saturated rings. The summed E-state index contributed by atoms with van der Waals surface area (Å²) in [6.07, 6.45) is 2.37. The SMILES string of the molecule is COc1cccc(CCNc2cc(C(=O)NCc3ccccc3F)ccn2)c1. The second kappa shape index (κ2) is 9.50. The third-order valence-corrected chi connectivity index (χ3v) is 4.27. The Bertz CT molecular complexity index is 946. The summed E-state index contributed by atoms with van der Waals surface area (Å²) in [5.74, 6) is 0.824. The van der Waals surface area contributed by atoms with Gasteiger partial charge in [0.2, 0.25) is 0 Å². The average Bonchev–Trinajstić information content (AvgIpc) is 2.73. The molecular weight excluding hydrogens is 357 g/mol. The molecular formula is C22H22FN3O2. The van der Waals surface area contributed by atoms with Crippen LogP contribution >= 0.6 is 0 Å². The maximum atomic E-state index is 13.7. The van der Waals surface area contributed by atoms with Gasteiger partial charge in [-0.25, -0.2) is 9.37 Å². The van der Waals surface area contributed by atoms with Crippen LogP contribution in [-0.4, -0.2) is 24.5 Å². The molecule has 5 nitrogen and oxygen atoms in total. The summed E-state index contributed by atoms with van der Waals surface area (Å²) >= 11 is 0. The van der Waals surface area contributed by atoms with Crippen molar-refractivity contribution < 1.29 is 13.9 Å². The zero-order chi connectivity index (χ0) is 19.8. The van der Waals surface area contributed by atoms with Crippen molar-refractivity contribution in [3.63, 3.8) is 0 Å². The number of aromatic nitrogens is 1. The van der Waals surface area contributed by atoms with Gasteiger partial charge in [0.15, 0.2) is 0 Å². The van der Waals surface area contributed by atoms with Crippen molar-refractivity contribution in [2.24, 2.45) is 0 Å². The van der Waals surface area contributed by atoms with Crippen molar-refractivity contribution in [2.75, 3.05) is 19.0 Å². The summed E-state index contributed by atoms with van der Waals surface area (Å²) in [6.45, 7) is 0.799. The van der Waals surface area contributed by atoms with Gasteiger partial charge in [-0.1, -0.05) is 30.3 Å². The van der Waals surface area contributed by atoms with Crippen molar-refractivity contribution in [3.8, 4) is 5.75 Å². The third kappa shape index (κ3) is 5.30. The van der Waals surface area contributed by atoms with Crippen molar-refractivity contribution in [2.45, 2.75) is 13.0 Å². The van der Waals surface area contributed by atoms with Crippen LogP contribution in [0.5, 0.6) is 5.75 Å². The number of rotatable bonds is 8. The highest BCUT2D eigenvalue weighted by Gasteiger charge is 2.08. The fourth-order valence-corrected chi connectivity index (χ4v) is 2.75. The van der Waals surface area contributed by atoms with Gasteiger partial charge in [0, 0.05) is 30.4 Å². The fourth-order valence-electron chi connectivity index (χ4n) is 2.75. The number of halogens is 1. The lowest BCUT2D eigenvalue weighted by atomic mass is 10.1. The van der Waals surface area contributed by atoms with E-state index in [1.165, 1.54) is 6.07 Å². The van der Waals surface area contributed by atoms with Gasteiger partial charge in [0.05, 0.1) is 7.11 Å². The second-order valence-electron chi connectivity index (χ2n) is 6.23. The molecule has 0 saturated heterocycles. The summed E-state index contributed by atoms with van der Waals surface area (Å²) in [6, 6.07) is 17.6. The Kier molecular flexibility index (Phi) is 6.57. The van der Waals surface area contributed by atoms with E-state index in [9.17, 15) is 9.18 Å². The Morgan fingerprint density at radius 3 is 2.79 bits per heavy atom. The van der Waals surface area contributed by atoms with Gasteiger partial charge >= 0.3 is 0 Å². The maximum absolute atomic E-state index is 13.7. The quantitative estimate of drug-likeness (QED) is 0.625.